The Balaban J connectivity index is 1.51. The standard InChI is InChI=1S/C19H22N4OS/c1-2-3-12-20-19(25)21-14-8-10-15(11-9-14)24-13-18-22-16-6-4-5-7-17(16)23-18/h4-11H,2-3,12-13H2,1H3,(H,22,23)(H2,20,21,25). The summed E-state index contributed by atoms with van der Waals surface area (Å²) in [4.78, 5) is 7.76. The Bertz CT molecular complexity index is 796. The molecule has 0 spiro atoms. The SMILES string of the molecule is CCCCNC(=S)Nc1ccc(OCc2nc3ccccc3[nH]2)cc1. The Morgan fingerprint density at radius 3 is 2.72 bits per heavy atom. The summed E-state index contributed by atoms with van der Waals surface area (Å²) in [5.74, 6) is 1.60. The Hall–Kier alpha value is -2.60. The van der Waals surface area contributed by atoms with Gasteiger partial charge in [0.05, 0.1) is 11.0 Å². The van der Waals surface area contributed by atoms with E-state index in [4.69, 9.17) is 17.0 Å². The van der Waals surface area contributed by atoms with Crippen LogP contribution in [0.2, 0.25) is 0 Å². The summed E-state index contributed by atoms with van der Waals surface area (Å²) in [5.41, 5.74) is 2.90. The number of benzene rings is 2. The molecule has 3 rings (SSSR count). The van der Waals surface area contributed by atoms with Crippen LogP contribution in [-0.4, -0.2) is 21.6 Å². The Labute approximate surface area is 152 Å². The average molecular weight is 354 g/mol. The molecule has 0 saturated carbocycles. The van der Waals surface area contributed by atoms with Gasteiger partial charge < -0.3 is 20.4 Å². The number of aromatic nitrogens is 2. The van der Waals surface area contributed by atoms with Crippen molar-refractivity contribution in [2.75, 3.05) is 11.9 Å². The molecule has 0 unspecified atom stereocenters. The lowest BCUT2D eigenvalue weighted by Crippen LogP contribution is -2.29. The van der Waals surface area contributed by atoms with Crippen LogP contribution in [0.4, 0.5) is 5.69 Å². The first kappa shape index (κ1) is 17.2. The predicted molar refractivity (Wildman–Crippen MR) is 106 cm³/mol. The lowest BCUT2D eigenvalue weighted by Gasteiger charge is -2.11. The molecule has 0 bridgehead atoms. The van der Waals surface area contributed by atoms with Crippen LogP contribution in [-0.2, 0) is 6.61 Å². The lowest BCUT2D eigenvalue weighted by molar-refractivity contribution is 0.297. The van der Waals surface area contributed by atoms with Crippen LogP contribution in [0.1, 0.15) is 25.6 Å². The molecule has 0 aliphatic heterocycles. The molecular formula is C19H22N4OS. The Kier molecular flexibility index (Phi) is 5.85. The molecule has 130 valence electrons. The molecule has 0 fully saturated rings. The van der Waals surface area contributed by atoms with E-state index >= 15 is 0 Å². The third kappa shape index (κ3) is 4.93. The number of hydrogen-bond acceptors (Lipinski definition) is 3. The number of unbranched alkanes of at least 4 members (excludes halogenated alkanes) is 1. The lowest BCUT2D eigenvalue weighted by atomic mass is 10.3. The number of nitrogens with zero attached hydrogens (tertiary/aromatic N) is 1. The molecular weight excluding hydrogens is 332 g/mol. The molecule has 2 aromatic carbocycles. The molecule has 0 saturated heterocycles. The zero-order chi connectivity index (χ0) is 17.5. The van der Waals surface area contributed by atoms with Gasteiger partial charge >= 0.3 is 0 Å². The number of thiocarbonyl (C=S) groups is 1. The van der Waals surface area contributed by atoms with Crippen molar-refractivity contribution < 1.29 is 4.74 Å². The van der Waals surface area contributed by atoms with Crippen LogP contribution >= 0.6 is 12.2 Å². The van der Waals surface area contributed by atoms with Gasteiger partial charge in [-0.1, -0.05) is 25.5 Å². The first-order valence-corrected chi connectivity index (χ1v) is 8.87. The summed E-state index contributed by atoms with van der Waals surface area (Å²) in [5, 5.41) is 6.99. The fourth-order valence-corrected chi connectivity index (χ4v) is 2.63. The van der Waals surface area contributed by atoms with Crippen LogP contribution in [0.3, 0.4) is 0 Å². The first-order valence-electron chi connectivity index (χ1n) is 8.46. The zero-order valence-corrected chi connectivity index (χ0v) is 15.0. The molecule has 0 aliphatic rings. The number of H-pyrrole nitrogens is 1. The summed E-state index contributed by atoms with van der Waals surface area (Å²) in [6.45, 7) is 3.45. The van der Waals surface area contributed by atoms with Crippen LogP contribution in [0, 0.1) is 0 Å². The number of fused-ring (bicyclic) bond motifs is 1. The van der Waals surface area contributed by atoms with Crippen molar-refractivity contribution in [3.63, 3.8) is 0 Å². The maximum absolute atomic E-state index is 5.79. The number of nitrogens with one attached hydrogen (secondary N) is 3. The average Bonchev–Trinajstić information content (AvgIpc) is 3.04. The Morgan fingerprint density at radius 2 is 1.96 bits per heavy atom. The van der Waals surface area contributed by atoms with E-state index < -0.39 is 0 Å². The second kappa shape index (κ2) is 8.48. The highest BCUT2D eigenvalue weighted by Crippen LogP contribution is 2.17. The van der Waals surface area contributed by atoms with Crippen LogP contribution < -0.4 is 15.4 Å². The number of anilines is 1. The van der Waals surface area contributed by atoms with E-state index in [1.807, 2.05) is 48.5 Å². The summed E-state index contributed by atoms with van der Waals surface area (Å²) < 4.78 is 5.79. The van der Waals surface area contributed by atoms with Gasteiger partial charge in [0.1, 0.15) is 18.2 Å². The number of ether oxygens (including phenoxy) is 1. The van der Waals surface area contributed by atoms with E-state index in [-0.39, 0.29) is 0 Å². The van der Waals surface area contributed by atoms with Crippen molar-refractivity contribution in [3.05, 3.63) is 54.4 Å². The fourth-order valence-electron chi connectivity index (χ4n) is 2.41. The van der Waals surface area contributed by atoms with Crippen molar-refractivity contribution >= 4 is 34.1 Å². The molecule has 0 atom stereocenters. The highest BCUT2D eigenvalue weighted by molar-refractivity contribution is 7.80. The minimum absolute atomic E-state index is 0.401. The number of para-hydroxylation sites is 2. The van der Waals surface area contributed by atoms with Gasteiger partial charge in [-0.15, -0.1) is 0 Å². The van der Waals surface area contributed by atoms with Gasteiger partial charge in [-0.3, -0.25) is 0 Å². The molecule has 1 heterocycles. The summed E-state index contributed by atoms with van der Waals surface area (Å²) in [7, 11) is 0. The predicted octanol–water partition coefficient (Wildman–Crippen LogP) is 4.23. The molecule has 3 N–H and O–H groups in total. The minimum Gasteiger partial charge on any atom is -0.486 e. The van der Waals surface area contributed by atoms with Crippen LogP contribution in [0.5, 0.6) is 5.75 Å². The van der Waals surface area contributed by atoms with E-state index in [9.17, 15) is 0 Å². The monoisotopic (exact) mass is 354 g/mol. The van der Waals surface area contributed by atoms with E-state index in [1.54, 1.807) is 0 Å². The van der Waals surface area contributed by atoms with Gasteiger partial charge in [0, 0.05) is 12.2 Å². The van der Waals surface area contributed by atoms with Crippen molar-refractivity contribution in [2.24, 2.45) is 0 Å². The van der Waals surface area contributed by atoms with Crippen molar-refractivity contribution in [1.29, 1.82) is 0 Å². The smallest absolute Gasteiger partial charge is 0.170 e. The van der Waals surface area contributed by atoms with E-state index in [0.717, 1.165) is 47.7 Å². The van der Waals surface area contributed by atoms with Gasteiger partial charge in [-0.25, -0.2) is 4.98 Å². The third-order valence-corrected chi connectivity index (χ3v) is 3.99. The minimum atomic E-state index is 0.401. The molecule has 1 aromatic heterocycles. The van der Waals surface area contributed by atoms with Crippen LogP contribution in [0.15, 0.2) is 48.5 Å². The number of rotatable bonds is 7. The first-order chi connectivity index (χ1) is 12.2. The highest BCUT2D eigenvalue weighted by Gasteiger charge is 2.03. The number of aromatic amines is 1. The fraction of sp³-hybridized carbons (Fsp3) is 0.263. The topological polar surface area (TPSA) is 62.0 Å². The van der Waals surface area contributed by atoms with Crippen molar-refractivity contribution in [3.8, 4) is 5.75 Å². The maximum Gasteiger partial charge on any atom is 0.170 e. The van der Waals surface area contributed by atoms with E-state index in [0.29, 0.717) is 11.7 Å². The molecule has 6 heteroatoms. The van der Waals surface area contributed by atoms with Gasteiger partial charge in [0.25, 0.3) is 0 Å². The van der Waals surface area contributed by atoms with Crippen molar-refractivity contribution in [1.82, 2.24) is 15.3 Å². The molecule has 25 heavy (non-hydrogen) atoms. The van der Waals surface area contributed by atoms with Gasteiger partial charge in [0.2, 0.25) is 0 Å². The summed E-state index contributed by atoms with van der Waals surface area (Å²) in [6, 6.07) is 15.7. The highest BCUT2D eigenvalue weighted by atomic mass is 32.1. The molecule has 3 aromatic rings. The Morgan fingerprint density at radius 1 is 1.16 bits per heavy atom. The van der Waals surface area contributed by atoms with Crippen LogP contribution in [0.25, 0.3) is 11.0 Å². The van der Waals surface area contributed by atoms with E-state index in [2.05, 4.69) is 27.5 Å². The summed E-state index contributed by atoms with van der Waals surface area (Å²) in [6.07, 6.45) is 2.25. The maximum atomic E-state index is 5.79. The second-order valence-electron chi connectivity index (χ2n) is 5.75. The molecule has 5 nitrogen and oxygen atoms in total. The zero-order valence-electron chi connectivity index (χ0n) is 14.2. The van der Waals surface area contributed by atoms with Gasteiger partial charge in [-0.2, -0.15) is 0 Å². The van der Waals surface area contributed by atoms with Crippen molar-refractivity contribution in [2.45, 2.75) is 26.4 Å². The number of hydrogen-bond donors (Lipinski definition) is 3. The van der Waals surface area contributed by atoms with Gasteiger partial charge in [0.15, 0.2) is 5.11 Å². The molecule has 0 aliphatic carbocycles. The normalized spacial score (nSPS) is 10.6. The quantitative estimate of drug-likeness (QED) is 0.438. The second-order valence-corrected chi connectivity index (χ2v) is 6.16. The largest absolute Gasteiger partial charge is 0.486 e. The number of imidazole rings is 1. The molecule has 0 amide bonds. The molecule has 0 radical (unpaired) electrons. The third-order valence-electron chi connectivity index (χ3n) is 3.74. The van der Waals surface area contributed by atoms with Gasteiger partial charge in [-0.05, 0) is 55.0 Å². The summed E-state index contributed by atoms with van der Waals surface area (Å²) >= 11 is 5.26. The van der Waals surface area contributed by atoms with E-state index in [1.165, 1.54) is 0 Å².